The van der Waals surface area contributed by atoms with Crippen molar-refractivity contribution in [2.45, 2.75) is 58.5 Å². The highest BCUT2D eigenvalue weighted by atomic mass is 35.5. The Labute approximate surface area is 191 Å². The fraction of sp³-hybridized carbons (Fsp3) is 0.609. The van der Waals surface area contributed by atoms with Crippen LogP contribution in [0.15, 0.2) is 24.3 Å². The maximum absolute atomic E-state index is 12.8. The van der Waals surface area contributed by atoms with Gasteiger partial charge in [-0.2, -0.15) is 0 Å². The predicted octanol–water partition coefficient (Wildman–Crippen LogP) is 2.49. The van der Waals surface area contributed by atoms with Crippen LogP contribution in [0.2, 0.25) is 0 Å². The van der Waals surface area contributed by atoms with Crippen LogP contribution in [0.3, 0.4) is 0 Å². The molecule has 3 amide bonds. The molecule has 0 saturated carbocycles. The van der Waals surface area contributed by atoms with Crippen LogP contribution in [0.5, 0.6) is 0 Å². The first-order valence-corrected chi connectivity index (χ1v) is 11.0. The first kappa shape index (κ1) is 25.1. The number of halogens is 1. The number of carbonyl (C=O) groups excluding carboxylic acids is 3. The number of amides is 3. The minimum Gasteiger partial charge on any atom is -0.344 e. The molecule has 7 nitrogen and oxygen atoms in total. The standard InChI is InChI=1S/C23H34N4O3.ClH/c1-15(2)20(22(29)25-18-8-6-16(3)7-9-18)26-21(28)17-10-13-27(14-11-17)23(30)19-5-4-12-24-19;/h6-9,15,17,19-20,24H,4-5,10-14H2,1-3H3,(H,25,29)(H,26,28);1H/t19-,20-;/m0./s1. The number of nitrogens with zero attached hydrogens (tertiary/aromatic N) is 1. The van der Waals surface area contributed by atoms with Crippen LogP contribution < -0.4 is 16.0 Å². The van der Waals surface area contributed by atoms with E-state index >= 15 is 0 Å². The zero-order valence-electron chi connectivity index (χ0n) is 18.6. The van der Waals surface area contributed by atoms with Crippen LogP contribution in [0.1, 0.15) is 45.1 Å². The Morgan fingerprint density at radius 2 is 1.71 bits per heavy atom. The zero-order chi connectivity index (χ0) is 21.7. The molecule has 1 aromatic carbocycles. The fourth-order valence-electron chi connectivity index (χ4n) is 4.14. The Morgan fingerprint density at radius 1 is 1.06 bits per heavy atom. The topological polar surface area (TPSA) is 90.5 Å². The molecule has 2 fully saturated rings. The lowest BCUT2D eigenvalue weighted by molar-refractivity contribution is -0.137. The summed E-state index contributed by atoms with van der Waals surface area (Å²) in [4.78, 5) is 40.0. The fourth-order valence-corrected chi connectivity index (χ4v) is 4.14. The lowest BCUT2D eigenvalue weighted by Gasteiger charge is -2.34. The molecule has 0 aliphatic carbocycles. The van der Waals surface area contributed by atoms with E-state index in [0.717, 1.165) is 30.6 Å². The van der Waals surface area contributed by atoms with Gasteiger partial charge in [-0.25, -0.2) is 0 Å². The molecule has 0 unspecified atom stereocenters. The maximum atomic E-state index is 12.8. The first-order valence-electron chi connectivity index (χ1n) is 11.0. The number of hydrogen-bond acceptors (Lipinski definition) is 4. The molecule has 0 spiro atoms. The van der Waals surface area contributed by atoms with Crippen molar-refractivity contribution in [1.29, 1.82) is 0 Å². The minimum absolute atomic E-state index is 0. The summed E-state index contributed by atoms with van der Waals surface area (Å²) in [7, 11) is 0. The number of rotatable bonds is 6. The number of aryl methyl sites for hydroxylation is 1. The van der Waals surface area contributed by atoms with Crippen molar-refractivity contribution in [3.8, 4) is 0 Å². The average molecular weight is 451 g/mol. The van der Waals surface area contributed by atoms with E-state index in [1.165, 1.54) is 0 Å². The molecule has 172 valence electrons. The lowest BCUT2D eigenvalue weighted by Crippen LogP contribution is -2.52. The molecule has 3 N–H and O–H groups in total. The van der Waals surface area contributed by atoms with Gasteiger partial charge in [0.2, 0.25) is 17.7 Å². The molecule has 3 rings (SSSR count). The molecular formula is C23H35ClN4O3. The summed E-state index contributed by atoms with van der Waals surface area (Å²) >= 11 is 0. The van der Waals surface area contributed by atoms with Crippen molar-refractivity contribution >= 4 is 35.8 Å². The maximum Gasteiger partial charge on any atom is 0.247 e. The number of likely N-dealkylation sites (tertiary alicyclic amines) is 1. The lowest BCUT2D eigenvalue weighted by atomic mass is 9.94. The highest BCUT2D eigenvalue weighted by molar-refractivity contribution is 5.97. The quantitative estimate of drug-likeness (QED) is 0.621. The summed E-state index contributed by atoms with van der Waals surface area (Å²) in [5, 5.41) is 9.10. The molecule has 0 aromatic heterocycles. The summed E-state index contributed by atoms with van der Waals surface area (Å²) in [5.41, 5.74) is 1.84. The largest absolute Gasteiger partial charge is 0.344 e. The summed E-state index contributed by atoms with van der Waals surface area (Å²) < 4.78 is 0. The third-order valence-electron chi connectivity index (χ3n) is 6.10. The molecule has 2 saturated heterocycles. The Kier molecular flexibility index (Phi) is 9.32. The van der Waals surface area contributed by atoms with Crippen LogP contribution in [-0.2, 0) is 14.4 Å². The van der Waals surface area contributed by atoms with Gasteiger partial charge in [0.05, 0.1) is 6.04 Å². The van der Waals surface area contributed by atoms with Crippen molar-refractivity contribution in [2.24, 2.45) is 11.8 Å². The molecule has 2 aliphatic rings. The highest BCUT2D eigenvalue weighted by Gasteiger charge is 2.33. The molecule has 2 heterocycles. The van der Waals surface area contributed by atoms with Crippen molar-refractivity contribution in [3.05, 3.63) is 29.8 Å². The minimum atomic E-state index is -0.596. The number of carbonyl (C=O) groups is 3. The Balaban J connectivity index is 0.00000341. The van der Waals surface area contributed by atoms with Gasteiger partial charge in [0.15, 0.2) is 0 Å². The normalized spacial score (nSPS) is 20.1. The Hall–Kier alpha value is -2.12. The number of piperidine rings is 1. The number of hydrogen-bond donors (Lipinski definition) is 3. The van der Waals surface area contributed by atoms with Gasteiger partial charge < -0.3 is 20.9 Å². The smallest absolute Gasteiger partial charge is 0.247 e. The molecule has 0 radical (unpaired) electrons. The summed E-state index contributed by atoms with van der Waals surface area (Å²) in [5.74, 6) is -0.349. The van der Waals surface area contributed by atoms with E-state index in [1.807, 2.05) is 49.9 Å². The monoisotopic (exact) mass is 450 g/mol. The molecule has 1 aromatic rings. The van der Waals surface area contributed by atoms with Crippen molar-refractivity contribution in [2.75, 3.05) is 25.0 Å². The van der Waals surface area contributed by atoms with Gasteiger partial charge in [-0.1, -0.05) is 31.5 Å². The predicted molar refractivity (Wildman–Crippen MR) is 124 cm³/mol. The highest BCUT2D eigenvalue weighted by Crippen LogP contribution is 2.20. The van der Waals surface area contributed by atoms with E-state index in [1.54, 1.807) is 0 Å². The van der Waals surface area contributed by atoms with Crippen LogP contribution in [0.25, 0.3) is 0 Å². The third-order valence-corrected chi connectivity index (χ3v) is 6.10. The van der Waals surface area contributed by atoms with Crippen LogP contribution in [0.4, 0.5) is 5.69 Å². The number of benzene rings is 1. The van der Waals surface area contributed by atoms with E-state index in [0.29, 0.717) is 25.9 Å². The second kappa shape index (κ2) is 11.5. The number of anilines is 1. The summed E-state index contributed by atoms with van der Waals surface area (Å²) in [6, 6.07) is 6.94. The van der Waals surface area contributed by atoms with Gasteiger partial charge in [-0.05, 0) is 57.2 Å². The summed E-state index contributed by atoms with van der Waals surface area (Å²) in [6.45, 7) is 7.93. The van der Waals surface area contributed by atoms with Gasteiger partial charge in [-0.3, -0.25) is 14.4 Å². The van der Waals surface area contributed by atoms with Gasteiger partial charge in [0.1, 0.15) is 6.04 Å². The molecule has 2 atom stereocenters. The van der Waals surface area contributed by atoms with Gasteiger partial charge in [0.25, 0.3) is 0 Å². The molecule has 2 aliphatic heterocycles. The second-order valence-electron chi connectivity index (χ2n) is 8.83. The first-order chi connectivity index (χ1) is 14.3. The molecule has 31 heavy (non-hydrogen) atoms. The Bertz CT molecular complexity index is 755. The third kappa shape index (κ3) is 6.68. The second-order valence-corrected chi connectivity index (χ2v) is 8.83. The zero-order valence-corrected chi connectivity index (χ0v) is 19.5. The molecule has 8 heteroatoms. The van der Waals surface area contributed by atoms with E-state index in [4.69, 9.17) is 0 Å². The van der Waals surface area contributed by atoms with Crippen LogP contribution in [-0.4, -0.2) is 54.3 Å². The number of nitrogens with one attached hydrogen (secondary N) is 3. The van der Waals surface area contributed by atoms with E-state index < -0.39 is 6.04 Å². The van der Waals surface area contributed by atoms with Gasteiger partial charge in [-0.15, -0.1) is 12.4 Å². The van der Waals surface area contributed by atoms with E-state index in [9.17, 15) is 14.4 Å². The average Bonchev–Trinajstić information content (AvgIpc) is 3.27. The summed E-state index contributed by atoms with van der Waals surface area (Å²) in [6.07, 6.45) is 3.20. The van der Waals surface area contributed by atoms with Crippen LogP contribution >= 0.6 is 12.4 Å². The van der Waals surface area contributed by atoms with E-state index in [2.05, 4.69) is 16.0 Å². The van der Waals surface area contributed by atoms with Crippen molar-refractivity contribution in [3.63, 3.8) is 0 Å². The van der Waals surface area contributed by atoms with Crippen molar-refractivity contribution < 1.29 is 14.4 Å². The van der Waals surface area contributed by atoms with Gasteiger partial charge >= 0.3 is 0 Å². The van der Waals surface area contributed by atoms with Crippen LogP contribution in [0, 0.1) is 18.8 Å². The molecular weight excluding hydrogens is 416 g/mol. The SMILES string of the molecule is Cc1ccc(NC(=O)[C@@H](NC(=O)C2CCN(C(=O)[C@@H]3CCCN3)CC2)C(C)C)cc1.Cl. The molecule has 0 bridgehead atoms. The Morgan fingerprint density at radius 3 is 2.26 bits per heavy atom. The van der Waals surface area contributed by atoms with Crippen molar-refractivity contribution in [1.82, 2.24) is 15.5 Å². The van der Waals surface area contributed by atoms with E-state index in [-0.39, 0.29) is 48.0 Å². The van der Waals surface area contributed by atoms with Gasteiger partial charge in [0, 0.05) is 24.7 Å².